The van der Waals surface area contributed by atoms with Gasteiger partial charge in [-0.15, -0.1) is 0 Å². The number of allylic oxidation sites excluding steroid dienone is 1. The molecule has 8 heteroatoms. The summed E-state index contributed by atoms with van der Waals surface area (Å²) in [6.45, 7) is 9.61. The number of amides is 3. The highest BCUT2D eigenvalue weighted by Crippen LogP contribution is 2.25. The number of carbonyl (C=O) groups excluding carboxylic acids is 3. The van der Waals surface area contributed by atoms with Crippen molar-refractivity contribution in [2.75, 3.05) is 6.54 Å². The number of carbonyl (C=O) groups is 3. The number of rotatable bonds is 11. The van der Waals surface area contributed by atoms with Gasteiger partial charge in [0.25, 0.3) is 5.91 Å². The van der Waals surface area contributed by atoms with Gasteiger partial charge in [0.05, 0.1) is 17.9 Å². The van der Waals surface area contributed by atoms with Gasteiger partial charge in [0.1, 0.15) is 0 Å². The molecule has 1 aromatic rings. The minimum Gasteiger partial charge on any atom is -0.320 e. The monoisotopic (exact) mass is 446 g/mol. The molecule has 0 aliphatic carbocycles. The Morgan fingerprint density at radius 3 is 2.12 bits per heavy atom. The second-order valence-corrected chi connectivity index (χ2v) is 8.97. The fraction of sp³-hybridized carbons (Fsp3) is 0.542. The van der Waals surface area contributed by atoms with Crippen molar-refractivity contribution >= 4 is 23.8 Å². The van der Waals surface area contributed by atoms with E-state index in [-0.39, 0.29) is 18.3 Å². The van der Waals surface area contributed by atoms with Gasteiger partial charge in [-0.25, -0.2) is 5.48 Å². The van der Waals surface area contributed by atoms with Crippen molar-refractivity contribution in [3.63, 3.8) is 0 Å². The van der Waals surface area contributed by atoms with Gasteiger partial charge in [-0.2, -0.15) is 0 Å². The largest absolute Gasteiger partial charge is 0.320 e. The van der Waals surface area contributed by atoms with Crippen molar-refractivity contribution in [1.82, 2.24) is 15.9 Å². The SMILES string of the molecule is CC(C)C[C@@H](C(=O)NN(CC(C)C)C(=O)[C@H](C)N)[C@H](C/C=C/c1ccccc1)C(=O)NO. The molecule has 0 spiro atoms. The molecule has 0 radical (unpaired) electrons. The lowest BCUT2D eigenvalue weighted by Gasteiger charge is -2.31. The van der Waals surface area contributed by atoms with Crippen LogP contribution >= 0.6 is 0 Å². The Labute approximate surface area is 191 Å². The lowest BCUT2D eigenvalue weighted by molar-refractivity contribution is -0.148. The predicted octanol–water partition coefficient (Wildman–Crippen LogP) is 2.74. The second kappa shape index (κ2) is 13.6. The smallest absolute Gasteiger partial charge is 0.257 e. The number of nitrogens with two attached hydrogens (primary N) is 1. The Balaban J connectivity index is 3.13. The molecule has 3 amide bonds. The van der Waals surface area contributed by atoms with Crippen LogP contribution < -0.4 is 16.6 Å². The van der Waals surface area contributed by atoms with Gasteiger partial charge in [0, 0.05) is 6.54 Å². The number of nitrogens with one attached hydrogen (secondary N) is 2. The molecule has 178 valence electrons. The summed E-state index contributed by atoms with van der Waals surface area (Å²) in [6, 6.07) is 8.81. The zero-order chi connectivity index (χ0) is 24.3. The zero-order valence-electron chi connectivity index (χ0n) is 19.7. The fourth-order valence-electron chi connectivity index (χ4n) is 3.43. The fourth-order valence-corrected chi connectivity index (χ4v) is 3.43. The molecule has 0 saturated heterocycles. The minimum atomic E-state index is -0.811. The maximum Gasteiger partial charge on any atom is 0.257 e. The Kier molecular flexibility index (Phi) is 11.7. The van der Waals surface area contributed by atoms with Crippen molar-refractivity contribution < 1.29 is 19.6 Å². The molecule has 0 aliphatic rings. The molecule has 0 aliphatic heterocycles. The molecule has 0 fully saturated rings. The summed E-state index contributed by atoms with van der Waals surface area (Å²) < 4.78 is 0. The molecule has 3 atom stereocenters. The highest BCUT2D eigenvalue weighted by Gasteiger charge is 2.35. The first-order chi connectivity index (χ1) is 15.1. The van der Waals surface area contributed by atoms with Gasteiger partial charge >= 0.3 is 0 Å². The van der Waals surface area contributed by atoms with E-state index in [2.05, 4.69) is 5.43 Å². The summed E-state index contributed by atoms with van der Waals surface area (Å²) in [5.74, 6) is -2.84. The second-order valence-electron chi connectivity index (χ2n) is 8.97. The summed E-state index contributed by atoms with van der Waals surface area (Å²) in [5.41, 5.74) is 11.1. The van der Waals surface area contributed by atoms with E-state index in [1.54, 1.807) is 12.4 Å². The van der Waals surface area contributed by atoms with Crippen LogP contribution in [0.3, 0.4) is 0 Å². The van der Waals surface area contributed by atoms with Gasteiger partial charge in [-0.3, -0.25) is 30.0 Å². The van der Waals surface area contributed by atoms with Crippen LogP contribution in [0.1, 0.15) is 53.0 Å². The maximum atomic E-state index is 13.3. The number of benzene rings is 1. The van der Waals surface area contributed by atoms with Gasteiger partial charge < -0.3 is 5.73 Å². The van der Waals surface area contributed by atoms with E-state index in [4.69, 9.17) is 5.73 Å². The van der Waals surface area contributed by atoms with Crippen LogP contribution in [-0.2, 0) is 14.4 Å². The third-order valence-corrected chi connectivity index (χ3v) is 4.94. The topological polar surface area (TPSA) is 125 Å². The average molecular weight is 447 g/mol. The van der Waals surface area contributed by atoms with Crippen LogP contribution in [0, 0.1) is 23.7 Å². The molecule has 0 heterocycles. The Hall–Kier alpha value is -2.71. The summed E-state index contributed by atoms with van der Waals surface area (Å²) in [7, 11) is 0. The first-order valence-electron chi connectivity index (χ1n) is 11.1. The van der Waals surface area contributed by atoms with Crippen LogP contribution in [0.5, 0.6) is 0 Å². The molecule has 0 aromatic heterocycles. The van der Waals surface area contributed by atoms with Crippen molar-refractivity contribution in [2.45, 2.75) is 53.5 Å². The van der Waals surface area contributed by atoms with Gasteiger partial charge in [-0.1, -0.05) is 70.2 Å². The van der Waals surface area contributed by atoms with Crippen molar-refractivity contribution in [1.29, 1.82) is 0 Å². The first kappa shape index (κ1) is 27.3. The molecule has 32 heavy (non-hydrogen) atoms. The summed E-state index contributed by atoms with van der Waals surface area (Å²) in [4.78, 5) is 38.3. The van der Waals surface area contributed by atoms with Crippen molar-refractivity contribution in [3.8, 4) is 0 Å². The van der Waals surface area contributed by atoms with Crippen LogP contribution in [0.4, 0.5) is 0 Å². The quantitative estimate of drug-likeness (QED) is 0.307. The molecular formula is C24H38N4O4. The molecule has 0 saturated carbocycles. The predicted molar refractivity (Wildman–Crippen MR) is 125 cm³/mol. The van der Waals surface area contributed by atoms with E-state index in [9.17, 15) is 19.6 Å². The molecule has 8 nitrogen and oxygen atoms in total. The molecular weight excluding hydrogens is 408 g/mol. The Bertz CT molecular complexity index is 763. The standard InChI is InChI=1S/C24H38N4O4/c1-16(2)14-21(22(29)26-28(15-17(3)4)24(31)18(5)25)20(23(30)27-32)13-9-12-19-10-7-6-8-11-19/h6-12,16-18,20-21,32H,13-15,25H2,1-5H3,(H,26,29)(H,27,30)/b12-9+/t18-,20-,21+/m0/s1. The third-order valence-electron chi connectivity index (χ3n) is 4.94. The van der Waals surface area contributed by atoms with Crippen LogP contribution in [0.25, 0.3) is 6.08 Å². The third kappa shape index (κ3) is 9.20. The number of hydrogen-bond donors (Lipinski definition) is 4. The van der Waals surface area contributed by atoms with Crippen LogP contribution in [0.15, 0.2) is 36.4 Å². The van der Waals surface area contributed by atoms with E-state index >= 15 is 0 Å². The number of hydroxylamine groups is 1. The van der Waals surface area contributed by atoms with E-state index < -0.39 is 35.6 Å². The van der Waals surface area contributed by atoms with Crippen LogP contribution in [-0.4, -0.2) is 40.5 Å². The van der Waals surface area contributed by atoms with Crippen molar-refractivity contribution in [3.05, 3.63) is 42.0 Å². The van der Waals surface area contributed by atoms with E-state index in [0.29, 0.717) is 13.0 Å². The molecule has 0 bridgehead atoms. The zero-order valence-corrected chi connectivity index (χ0v) is 19.7. The van der Waals surface area contributed by atoms with Gasteiger partial charge in [-0.05, 0) is 37.2 Å². The Morgan fingerprint density at radius 2 is 1.62 bits per heavy atom. The number of hydrogen-bond acceptors (Lipinski definition) is 5. The lowest BCUT2D eigenvalue weighted by Crippen LogP contribution is -2.55. The first-order valence-corrected chi connectivity index (χ1v) is 11.1. The Morgan fingerprint density at radius 1 is 1.00 bits per heavy atom. The molecule has 0 unspecified atom stereocenters. The summed E-state index contributed by atoms with van der Waals surface area (Å²) in [5, 5.41) is 10.5. The maximum absolute atomic E-state index is 13.3. The molecule has 1 aromatic carbocycles. The minimum absolute atomic E-state index is 0.104. The van der Waals surface area contributed by atoms with Gasteiger partial charge in [0.2, 0.25) is 11.8 Å². The van der Waals surface area contributed by atoms with E-state index in [1.165, 1.54) is 5.01 Å². The van der Waals surface area contributed by atoms with E-state index in [0.717, 1.165) is 5.56 Å². The summed E-state index contributed by atoms with van der Waals surface area (Å²) in [6.07, 6.45) is 4.34. The molecule has 5 N–H and O–H groups in total. The molecule has 1 rings (SSSR count). The lowest BCUT2D eigenvalue weighted by atomic mass is 9.82. The normalized spacial score (nSPS) is 14.3. The van der Waals surface area contributed by atoms with Crippen molar-refractivity contribution in [2.24, 2.45) is 29.4 Å². The van der Waals surface area contributed by atoms with Crippen LogP contribution in [0.2, 0.25) is 0 Å². The highest BCUT2D eigenvalue weighted by molar-refractivity contribution is 5.89. The number of hydrazine groups is 1. The average Bonchev–Trinajstić information content (AvgIpc) is 2.74. The van der Waals surface area contributed by atoms with Gasteiger partial charge in [0.15, 0.2) is 0 Å². The van der Waals surface area contributed by atoms with E-state index in [1.807, 2.05) is 70.2 Å². The highest BCUT2D eigenvalue weighted by atomic mass is 16.5. The number of nitrogens with zero attached hydrogens (tertiary/aromatic N) is 1. The summed E-state index contributed by atoms with van der Waals surface area (Å²) >= 11 is 0.